The molecule has 3 rings (SSSR count). The number of nitrogens with zero attached hydrogens (tertiary/aromatic N) is 1. The van der Waals surface area contributed by atoms with Gasteiger partial charge in [-0.25, -0.2) is 9.59 Å². The third-order valence-corrected chi connectivity index (χ3v) is 4.16. The van der Waals surface area contributed by atoms with E-state index in [1.807, 2.05) is 6.92 Å². The molecule has 6 nitrogen and oxygen atoms in total. The number of aliphatic carboxylic acids is 1. The van der Waals surface area contributed by atoms with Gasteiger partial charge in [-0.2, -0.15) is 0 Å². The number of hydrogen-bond acceptors (Lipinski definition) is 3. The monoisotopic (exact) mass is 290 g/mol. The molecule has 1 aliphatic heterocycles. The van der Waals surface area contributed by atoms with E-state index in [0.717, 1.165) is 19.3 Å². The van der Waals surface area contributed by atoms with Gasteiger partial charge in [0.05, 0.1) is 12.2 Å². The molecule has 112 valence electrons. The van der Waals surface area contributed by atoms with Crippen LogP contribution in [-0.4, -0.2) is 35.3 Å². The minimum atomic E-state index is -1.07. The van der Waals surface area contributed by atoms with Crippen molar-refractivity contribution in [3.63, 3.8) is 0 Å². The van der Waals surface area contributed by atoms with Crippen LogP contribution < -0.4 is 15.0 Å². The molecule has 1 aliphatic carbocycles. The second-order valence-electron chi connectivity index (χ2n) is 5.87. The number of urea groups is 1. The van der Waals surface area contributed by atoms with Crippen LogP contribution in [0.3, 0.4) is 0 Å². The van der Waals surface area contributed by atoms with E-state index in [4.69, 9.17) is 9.84 Å². The number of para-hydroxylation sites is 2. The fourth-order valence-corrected chi connectivity index (χ4v) is 2.71. The van der Waals surface area contributed by atoms with Crippen molar-refractivity contribution in [3.05, 3.63) is 24.3 Å². The number of carboxylic acids is 1. The number of fused-ring (bicyclic) bond motifs is 1. The van der Waals surface area contributed by atoms with Gasteiger partial charge >= 0.3 is 12.0 Å². The Labute approximate surface area is 122 Å². The lowest BCUT2D eigenvalue weighted by atomic mass is 9.79. The van der Waals surface area contributed by atoms with Crippen molar-refractivity contribution in [2.24, 2.45) is 0 Å². The van der Waals surface area contributed by atoms with Crippen LogP contribution in [0.5, 0.6) is 5.75 Å². The first-order valence-corrected chi connectivity index (χ1v) is 7.07. The summed E-state index contributed by atoms with van der Waals surface area (Å²) in [5.41, 5.74) is 0.429. The lowest BCUT2D eigenvalue weighted by molar-refractivity contribution is -0.144. The van der Waals surface area contributed by atoms with E-state index in [2.05, 4.69) is 5.32 Å². The number of carboxylic acid groups (broad SMARTS) is 1. The normalized spacial score (nSPS) is 22.5. The molecule has 2 amide bonds. The lowest BCUT2D eigenvalue weighted by Gasteiger charge is -2.42. The van der Waals surface area contributed by atoms with Crippen molar-refractivity contribution in [1.82, 2.24) is 5.32 Å². The maximum absolute atomic E-state index is 12.5. The first-order valence-electron chi connectivity index (χ1n) is 7.07. The second kappa shape index (κ2) is 4.95. The van der Waals surface area contributed by atoms with Gasteiger partial charge in [0.1, 0.15) is 5.75 Å². The number of hydrogen-bond donors (Lipinski definition) is 2. The standard InChI is InChI=1S/C15H18N2O4/c1-15(7-4-8-15)16-14(20)17-9-12(13(18)19)21-11-6-3-2-5-10(11)17/h2-3,5-6,12H,4,7-9H2,1H3,(H,16,20)(H,18,19). The summed E-state index contributed by atoms with van der Waals surface area (Å²) in [4.78, 5) is 25.2. The van der Waals surface area contributed by atoms with E-state index in [0.29, 0.717) is 11.4 Å². The zero-order chi connectivity index (χ0) is 15.0. The van der Waals surface area contributed by atoms with Crippen molar-refractivity contribution in [2.75, 3.05) is 11.4 Å². The van der Waals surface area contributed by atoms with Crippen LogP contribution in [0, 0.1) is 0 Å². The Bertz CT molecular complexity index is 583. The topological polar surface area (TPSA) is 78.9 Å². The molecule has 0 aromatic heterocycles. The average Bonchev–Trinajstić information content (AvgIpc) is 2.44. The fourth-order valence-electron chi connectivity index (χ4n) is 2.71. The first kappa shape index (κ1) is 13.7. The molecule has 2 aliphatic rings. The Morgan fingerprint density at radius 1 is 1.38 bits per heavy atom. The van der Waals surface area contributed by atoms with Gasteiger partial charge in [-0.05, 0) is 38.3 Å². The highest BCUT2D eigenvalue weighted by atomic mass is 16.5. The summed E-state index contributed by atoms with van der Waals surface area (Å²) in [5, 5.41) is 12.2. The van der Waals surface area contributed by atoms with E-state index < -0.39 is 12.1 Å². The number of amides is 2. The van der Waals surface area contributed by atoms with E-state index in [1.165, 1.54) is 4.90 Å². The summed E-state index contributed by atoms with van der Waals surface area (Å²) in [5.74, 6) is -0.651. The van der Waals surface area contributed by atoms with Crippen molar-refractivity contribution in [3.8, 4) is 5.75 Å². The zero-order valence-corrected chi connectivity index (χ0v) is 11.8. The zero-order valence-electron chi connectivity index (χ0n) is 11.8. The van der Waals surface area contributed by atoms with Crippen LogP contribution in [0.15, 0.2) is 24.3 Å². The molecule has 6 heteroatoms. The van der Waals surface area contributed by atoms with Gasteiger partial charge in [0.25, 0.3) is 0 Å². The van der Waals surface area contributed by atoms with Crippen molar-refractivity contribution >= 4 is 17.7 Å². The predicted octanol–water partition coefficient (Wildman–Crippen LogP) is 1.99. The molecule has 1 saturated carbocycles. The maximum atomic E-state index is 12.5. The van der Waals surface area contributed by atoms with E-state index in [1.54, 1.807) is 24.3 Å². The minimum absolute atomic E-state index is 0.00819. The first-order chi connectivity index (χ1) is 9.98. The third-order valence-electron chi connectivity index (χ3n) is 4.16. The molecular formula is C15H18N2O4. The van der Waals surface area contributed by atoms with E-state index in [9.17, 15) is 9.59 Å². The highest BCUT2D eigenvalue weighted by Gasteiger charge is 2.38. The molecule has 1 aromatic rings. The SMILES string of the molecule is CC1(NC(=O)N2CC(C(=O)O)Oc3ccccc32)CCC1. The van der Waals surface area contributed by atoms with Crippen LogP contribution in [-0.2, 0) is 4.79 Å². The molecular weight excluding hydrogens is 272 g/mol. The van der Waals surface area contributed by atoms with E-state index >= 15 is 0 Å². The molecule has 0 radical (unpaired) electrons. The van der Waals surface area contributed by atoms with Gasteiger partial charge in [0.2, 0.25) is 6.10 Å². The molecule has 1 heterocycles. The number of ether oxygens (including phenoxy) is 1. The number of carbonyl (C=O) groups excluding carboxylic acids is 1. The van der Waals surface area contributed by atoms with Crippen LogP contribution in [0.4, 0.5) is 10.5 Å². The average molecular weight is 290 g/mol. The molecule has 21 heavy (non-hydrogen) atoms. The minimum Gasteiger partial charge on any atom is -0.478 e. The molecule has 1 fully saturated rings. The summed E-state index contributed by atoms with van der Waals surface area (Å²) in [6, 6.07) is 6.73. The Morgan fingerprint density at radius 2 is 2.10 bits per heavy atom. The predicted molar refractivity (Wildman–Crippen MR) is 76.6 cm³/mol. The van der Waals surface area contributed by atoms with Gasteiger partial charge in [0.15, 0.2) is 0 Å². The van der Waals surface area contributed by atoms with Gasteiger partial charge in [-0.3, -0.25) is 4.90 Å². The highest BCUT2D eigenvalue weighted by molar-refractivity contribution is 5.96. The van der Waals surface area contributed by atoms with Crippen LogP contribution in [0.1, 0.15) is 26.2 Å². The molecule has 0 bridgehead atoms. The number of nitrogens with one attached hydrogen (secondary N) is 1. The van der Waals surface area contributed by atoms with Crippen LogP contribution in [0.25, 0.3) is 0 Å². The quantitative estimate of drug-likeness (QED) is 0.873. The highest BCUT2D eigenvalue weighted by Crippen LogP contribution is 2.35. The van der Waals surface area contributed by atoms with Crippen LogP contribution in [0.2, 0.25) is 0 Å². The van der Waals surface area contributed by atoms with Crippen molar-refractivity contribution in [2.45, 2.75) is 37.8 Å². The number of benzene rings is 1. The number of anilines is 1. The smallest absolute Gasteiger partial charge is 0.346 e. The Hall–Kier alpha value is -2.24. The fraction of sp³-hybridized carbons (Fsp3) is 0.467. The summed E-state index contributed by atoms with van der Waals surface area (Å²) in [6.07, 6.45) is 1.97. The molecule has 1 aromatic carbocycles. The molecule has 0 spiro atoms. The van der Waals surface area contributed by atoms with Gasteiger partial charge in [-0.1, -0.05) is 12.1 Å². The van der Waals surface area contributed by atoms with Gasteiger partial charge in [0, 0.05) is 5.54 Å². The molecule has 1 atom stereocenters. The number of rotatable bonds is 2. The molecule has 2 N–H and O–H groups in total. The third kappa shape index (κ3) is 2.53. The molecule has 0 saturated heterocycles. The van der Waals surface area contributed by atoms with Crippen molar-refractivity contribution in [1.29, 1.82) is 0 Å². The Kier molecular flexibility index (Phi) is 3.23. The lowest BCUT2D eigenvalue weighted by Crippen LogP contribution is -2.58. The Morgan fingerprint density at radius 3 is 2.71 bits per heavy atom. The summed E-state index contributed by atoms with van der Waals surface area (Å²) >= 11 is 0. The number of carbonyl (C=O) groups is 2. The summed E-state index contributed by atoms with van der Waals surface area (Å²) < 4.78 is 5.42. The summed E-state index contributed by atoms with van der Waals surface area (Å²) in [7, 11) is 0. The second-order valence-corrected chi connectivity index (χ2v) is 5.87. The maximum Gasteiger partial charge on any atom is 0.346 e. The van der Waals surface area contributed by atoms with Gasteiger partial charge in [-0.15, -0.1) is 0 Å². The van der Waals surface area contributed by atoms with Crippen LogP contribution >= 0.6 is 0 Å². The van der Waals surface area contributed by atoms with Crippen molar-refractivity contribution < 1.29 is 19.4 Å². The largest absolute Gasteiger partial charge is 0.478 e. The van der Waals surface area contributed by atoms with E-state index in [-0.39, 0.29) is 18.1 Å². The Balaban J connectivity index is 1.85. The summed E-state index contributed by atoms with van der Waals surface area (Å²) in [6.45, 7) is 2.02. The molecule has 1 unspecified atom stereocenters. The van der Waals surface area contributed by atoms with Gasteiger partial charge < -0.3 is 15.2 Å².